The fourth-order valence-electron chi connectivity index (χ4n) is 2.65. The van der Waals surface area contributed by atoms with E-state index in [1.807, 2.05) is 5.32 Å². The van der Waals surface area contributed by atoms with Gasteiger partial charge in [-0.15, -0.1) is 5.10 Å². The number of alkyl halides is 6. The number of halogens is 7. The van der Waals surface area contributed by atoms with Crippen molar-refractivity contribution in [2.24, 2.45) is 0 Å². The van der Waals surface area contributed by atoms with Gasteiger partial charge >= 0.3 is 18.4 Å². The second kappa shape index (κ2) is 8.46. The molecule has 0 aliphatic carbocycles. The third kappa shape index (κ3) is 5.35. The molecule has 0 spiro atoms. The zero-order valence-corrected chi connectivity index (χ0v) is 17.2. The molecule has 0 bridgehead atoms. The maximum atomic E-state index is 14.3. The molecule has 8 nitrogen and oxygen atoms in total. The van der Waals surface area contributed by atoms with Gasteiger partial charge in [-0.3, -0.25) is 5.32 Å². The van der Waals surface area contributed by atoms with E-state index in [2.05, 4.69) is 15.1 Å². The number of carboxylic acid groups (broad SMARTS) is 1. The summed E-state index contributed by atoms with van der Waals surface area (Å²) in [6, 6.07) is 3.70. The summed E-state index contributed by atoms with van der Waals surface area (Å²) in [5.41, 5.74) is -3.10. The highest BCUT2D eigenvalue weighted by atomic mass is 19.4. The number of rotatable bonds is 5. The predicted molar refractivity (Wildman–Crippen MR) is 102 cm³/mol. The summed E-state index contributed by atoms with van der Waals surface area (Å²) in [6.07, 6.45) is -9.69. The van der Waals surface area contributed by atoms with Crippen molar-refractivity contribution in [2.75, 3.05) is 5.32 Å². The fourth-order valence-corrected chi connectivity index (χ4v) is 2.65. The van der Waals surface area contributed by atoms with Gasteiger partial charge in [0.1, 0.15) is 17.3 Å². The maximum Gasteiger partial charge on any atom is 0.451 e. The van der Waals surface area contributed by atoms with Gasteiger partial charge in [-0.25, -0.2) is 23.8 Å². The van der Waals surface area contributed by atoms with Crippen LogP contribution in [0, 0.1) is 5.82 Å². The minimum atomic E-state index is -4.83. The molecule has 34 heavy (non-hydrogen) atoms. The number of amides is 1. The summed E-state index contributed by atoms with van der Waals surface area (Å²) < 4.78 is 97.9. The van der Waals surface area contributed by atoms with Crippen LogP contribution < -0.4 is 10.1 Å². The van der Waals surface area contributed by atoms with Gasteiger partial charge in [0.25, 0.3) is 0 Å². The Bertz CT molecular complexity index is 1200. The third-order valence-corrected chi connectivity index (χ3v) is 4.30. The molecule has 0 atom stereocenters. The predicted octanol–water partition coefficient (Wildman–Crippen LogP) is 5.30. The van der Waals surface area contributed by atoms with Crippen molar-refractivity contribution in [2.45, 2.75) is 31.8 Å². The van der Waals surface area contributed by atoms with Gasteiger partial charge in [0, 0.05) is 17.7 Å². The SMILES string of the molecule is CC(C)(Oc1cc(F)cc(-c2cc(NC(=O)O)nn2-c2cnc(C(F)(F)F)nc2)c1)C(F)(F)F. The lowest BCUT2D eigenvalue weighted by atomic mass is 10.1. The first-order valence-corrected chi connectivity index (χ1v) is 9.13. The zero-order valence-electron chi connectivity index (χ0n) is 17.2. The monoisotopic (exact) mass is 493 g/mol. The standard InChI is InChI=1S/C19H14F7N5O3/c1-17(2,19(24,25)26)34-12-4-9(3-10(20)5-12)13-6-14(29-16(32)33)30-31(13)11-7-27-15(28-8-11)18(21,22)23/h3-8H,1-2H3,(H,29,30)(H,32,33). The number of nitrogens with zero attached hydrogens (tertiary/aromatic N) is 4. The average molecular weight is 493 g/mol. The number of anilines is 1. The highest BCUT2D eigenvalue weighted by Crippen LogP contribution is 2.36. The third-order valence-electron chi connectivity index (χ3n) is 4.30. The Balaban J connectivity index is 2.11. The fraction of sp³-hybridized carbons (Fsp3) is 0.263. The summed E-state index contributed by atoms with van der Waals surface area (Å²) in [4.78, 5) is 17.3. The zero-order chi connectivity index (χ0) is 25.5. The second-order valence-corrected chi connectivity index (χ2v) is 7.31. The van der Waals surface area contributed by atoms with Gasteiger partial charge in [-0.05, 0) is 26.0 Å². The van der Waals surface area contributed by atoms with Crippen molar-refractivity contribution < 1.29 is 45.4 Å². The lowest BCUT2D eigenvalue weighted by Crippen LogP contribution is -2.44. The van der Waals surface area contributed by atoms with Crippen LogP contribution in [0.1, 0.15) is 19.7 Å². The molecule has 1 aromatic carbocycles. The van der Waals surface area contributed by atoms with E-state index in [9.17, 15) is 35.5 Å². The molecule has 2 N–H and O–H groups in total. The number of benzene rings is 1. The van der Waals surface area contributed by atoms with Gasteiger partial charge in [-0.1, -0.05) is 0 Å². The van der Waals surface area contributed by atoms with Crippen LogP contribution in [0.15, 0.2) is 36.7 Å². The Labute approximate surface area is 186 Å². The molecule has 1 amide bonds. The van der Waals surface area contributed by atoms with Crippen molar-refractivity contribution in [1.29, 1.82) is 0 Å². The van der Waals surface area contributed by atoms with Crippen LogP contribution in [0.3, 0.4) is 0 Å². The summed E-state index contributed by atoms with van der Waals surface area (Å²) in [6.45, 7) is 1.46. The Hall–Kier alpha value is -3.91. The van der Waals surface area contributed by atoms with Crippen LogP contribution in [0.4, 0.5) is 41.3 Å². The van der Waals surface area contributed by atoms with E-state index in [4.69, 9.17) is 9.84 Å². The summed E-state index contributed by atoms with van der Waals surface area (Å²) in [5, 5.41) is 14.7. The molecule has 2 heterocycles. The first-order chi connectivity index (χ1) is 15.6. The highest BCUT2D eigenvalue weighted by Gasteiger charge is 2.50. The molecular weight excluding hydrogens is 479 g/mol. The molecule has 3 rings (SSSR count). The van der Waals surface area contributed by atoms with Crippen LogP contribution in [0.2, 0.25) is 0 Å². The first kappa shape index (κ1) is 24.7. The van der Waals surface area contributed by atoms with Crippen molar-refractivity contribution in [3.63, 3.8) is 0 Å². The number of ether oxygens (including phenoxy) is 1. The molecule has 2 aromatic heterocycles. The highest BCUT2D eigenvalue weighted by molar-refractivity contribution is 5.83. The lowest BCUT2D eigenvalue weighted by molar-refractivity contribution is -0.234. The first-order valence-electron chi connectivity index (χ1n) is 9.13. The molecule has 0 fully saturated rings. The van der Waals surface area contributed by atoms with Crippen LogP contribution >= 0.6 is 0 Å². The summed E-state index contributed by atoms with van der Waals surface area (Å²) in [5.74, 6) is -3.29. The number of hydrogen-bond donors (Lipinski definition) is 2. The maximum absolute atomic E-state index is 14.3. The molecular formula is C19H14F7N5O3. The van der Waals surface area contributed by atoms with Crippen LogP contribution in [0.5, 0.6) is 5.75 Å². The average Bonchev–Trinajstić information content (AvgIpc) is 3.09. The van der Waals surface area contributed by atoms with Gasteiger partial charge in [0.2, 0.25) is 5.82 Å². The number of carbonyl (C=O) groups is 1. The van der Waals surface area contributed by atoms with E-state index in [0.29, 0.717) is 6.07 Å². The second-order valence-electron chi connectivity index (χ2n) is 7.31. The van der Waals surface area contributed by atoms with Crippen molar-refractivity contribution in [3.05, 3.63) is 48.3 Å². The number of aromatic nitrogens is 4. The van der Waals surface area contributed by atoms with E-state index in [1.165, 1.54) is 0 Å². The minimum Gasteiger partial charge on any atom is -0.478 e. The normalized spacial score (nSPS) is 12.5. The Morgan fingerprint density at radius 3 is 2.18 bits per heavy atom. The van der Waals surface area contributed by atoms with Crippen molar-refractivity contribution >= 4 is 11.9 Å². The van der Waals surface area contributed by atoms with E-state index in [0.717, 1.165) is 49.1 Å². The summed E-state index contributed by atoms with van der Waals surface area (Å²) in [7, 11) is 0. The Morgan fingerprint density at radius 1 is 1.03 bits per heavy atom. The van der Waals surface area contributed by atoms with Crippen LogP contribution in [0.25, 0.3) is 16.9 Å². The van der Waals surface area contributed by atoms with Gasteiger partial charge in [0.15, 0.2) is 11.4 Å². The van der Waals surface area contributed by atoms with Crippen molar-refractivity contribution in [3.8, 4) is 22.7 Å². The molecule has 3 aromatic rings. The smallest absolute Gasteiger partial charge is 0.451 e. The van der Waals surface area contributed by atoms with Crippen LogP contribution in [-0.2, 0) is 6.18 Å². The van der Waals surface area contributed by atoms with Gasteiger partial charge in [0.05, 0.1) is 18.1 Å². The Morgan fingerprint density at radius 2 is 1.65 bits per heavy atom. The molecule has 0 radical (unpaired) electrons. The summed E-state index contributed by atoms with van der Waals surface area (Å²) >= 11 is 0. The van der Waals surface area contributed by atoms with Gasteiger partial charge in [-0.2, -0.15) is 26.3 Å². The molecule has 0 aliphatic heterocycles. The van der Waals surface area contributed by atoms with E-state index in [-0.39, 0.29) is 22.8 Å². The lowest BCUT2D eigenvalue weighted by Gasteiger charge is -2.29. The topological polar surface area (TPSA) is 102 Å². The molecule has 15 heteroatoms. The van der Waals surface area contributed by atoms with Crippen molar-refractivity contribution in [1.82, 2.24) is 19.7 Å². The minimum absolute atomic E-state index is 0.110. The molecule has 182 valence electrons. The largest absolute Gasteiger partial charge is 0.478 e. The van der Waals surface area contributed by atoms with Gasteiger partial charge < -0.3 is 9.84 Å². The Kier molecular flexibility index (Phi) is 6.15. The van der Waals surface area contributed by atoms with Crippen LogP contribution in [-0.4, -0.2) is 42.7 Å². The number of hydrogen-bond acceptors (Lipinski definition) is 5. The van der Waals surface area contributed by atoms with E-state index in [1.54, 1.807) is 0 Å². The molecule has 0 saturated heterocycles. The van der Waals surface area contributed by atoms with E-state index >= 15 is 0 Å². The van der Waals surface area contributed by atoms with E-state index < -0.39 is 41.4 Å². The number of nitrogens with one attached hydrogen (secondary N) is 1. The molecule has 0 saturated carbocycles. The molecule has 0 aliphatic rings. The molecule has 0 unspecified atom stereocenters. The quantitative estimate of drug-likeness (QED) is 0.468.